The lowest BCUT2D eigenvalue weighted by Crippen LogP contribution is -2.22. The highest BCUT2D eigenvalue weighted by atomic mass is 35.5. The highest BCUT2D eigenvalue weighted by Crippen LogP contribution is 2.36. The number of anilines is 1. The van der Waals surface area contributed by atoms with Crippen molar-refractivity contribution in [1.29, 1.82) is 0 Å². The number of rotatable bonds is 10. The van der Waals surface area contributed by atoms with Crippen LogP contribution in [0, 0.1) is 11.6 Å². The van der Waals surface area contributed by atoms with Crippen LogP contribution in [-0.4, -0.2) is 50.9 Å². The fourth-order valence-electron chi connectivity index (χ4n) is 3.94. The fourth-order valence-corrected chi connectivity index (χ4v) is 4.77. The summed E-state index contributed by atoms with van der Waals surface area (Å²) in [5.74, 6) is -2.36. The summed E-state index contributed by atoms with van der Waals surface area (Å²) >= 11 is 6.15. The Labute approximate surface area is 229 Å². The second-order valence-corrected chi connectivity index (χ2v) is 10.8. The largest absolute Gasteiger partial charge is 0.497 e. The number of Topliss-reactive ketones (excluding diaryl/α,β-unsaturated/α-hetero) is 1. The number of carbonyl (C=O) groups is 1. The molecule has 1 atom stereocenters. The van der Waals surface area contributed by atoms with Crippen LogP contribution in [0.1, 0.15) is 29.4 Å². The standard InChI is InChI=1S/C26H23ClF2N2O6S.CH4/c1-36-16-8-15(9-17(10-16)38(2,34)35)31-25(18-4-3-14(27)7-24(18)37-6-5-32)26(33)20-13-30-23-12-22(29)21(28)11-19(20)23;/h3-4,7-13,25,30-32H,5-6H2,1-2H3;1H4. The quantitative estimate of drug-likeness (QED) is 0.210. The predicted octanol–water partition coefficient (Wildman–Crippen LogP) is 5.55. The number of aromatic amines is 1. The van der Waals surface area contributed by atoms with Gasteiger partial charge in [0.15, 0.2) is 27.3 Å². The van der Waals surface area contributed by atoms with Crippen molar-refractivity contribution in [1.82, 2.24) is 4.98 Å². The van der Waals surface area contributed by atoms with Gasteiger partial charge in [0.1, 0.15) is 24.1 Å². The first-order valence-corrected chi connectivity index (χ1v) is 13.5. The maximum Gasteiger partial charge on any atom is 0.191 e. The second-order valence-electron chi connectivity index (χ2n) is 8.38. The number of halogens is 3. The van der Waals surface area contributed by atoms with Crippen molar-refractivity contribution >= 4 is 43.8 Å². The Morgan fingerprint density at radius 1 is 1.13 bits per heavy atom. The van der Waals surface area contributed by atoms with Crippen LogP contribution in [0.3, 0.4) is 0 Å². The average molecular weight is 581 g/mol. The summed E-state index contributed by atoms with van der Waals surface area (Å²) in [6.45, 7) is -0.401. The topological polar surface area (TPSA) is 118 Å². The van der Waals surface area contributed by atoms with Crippen LogP contribution in [0.15, 0.2) is 59.6 Å². The van der Waals surface area contributed by atoms with Crippen molar-refractivity contribution in [3.8, 4) is 11.5 Å². The van der Waals surface area contributed by atoms with E-state index in [9.17, 15) is 27.1 Å². The zero-order valence-electron chi connectivity index (χ0n) is 20.2. The van der Waals surface area contributed by atoms with Gasteiger partial charge in [-0.25, -0.2) is 17.2 Å². The number of H-pyrrole nitrogens is 1. The monoisotopic (exact) mass is 580 g/mol. The molecule has 4 rings (SSSR count). The van der Waals surface area contributed by atoms with Crippen LogP contribution in [0.25, 0.3) is 10.9 Å². The van der Waals surface area contributed by atoms with Crippen molar-refractivity contribution in [3.05, 3.63) is 82.5 Å². The zero-order chi connectivity index (χ0) is 27.6. The fraction of sp³-hybridized carbons (Fsp3) is 0.222. The molecule has 3 aromatic carbocycles. The maximum absolute atomic E-state index is 14.1. The van der Waals surface area contributed by atoms with Gasteiger partial charge in [-0.05, 0) is 30.3 Å². The molecule has 0 spiro atoms. The van der Waals surface area contributed by atoms with Crippen LogP contribution in [0.5, 0.6) is 11.5 Å². The summed E-state index contributed by atoms with van der Waals surface area (Å²) in [7, 11) is -2.27. The van der Waals surface area contributed by atoms with E-state index in [-0.39, 0.29) is 59.2 Å². The summed E-state index contributed by atoms with van der Waals surface area (Å²) in [6, 6.07) is 9.37. The summed E-state index contributed by atoms with van der Waals surface area (Å²) in [4.78, 5) is 16.7. The van der Waals surface area contributed by atoms with E-state index in [1.165, 1.54) is 49.7 Å². The second kappa shape index (κ2) is 12.0. The molecular weight excluding hydrogens is 554 g/mol. The molecule has 1 unspecified atom stereocenters. The van der Waals surface area contributed by atoms with Crippen molar-refractivity contribution in [2.24, 2.45) is 0 Å². The highest BCUT2D eigenvalue weighted by Gasteiger charge is 2.29. The van der Waals surface area contributed by atoms with Gasteiger partial charge < -0.3 is 24.9 Å². The molecule has 0 fully saturated rings. The summed E-state index contributed by atoms with van der Waals surface area (Å²) < 4.78 is 63.3. The molecular formula is C27H27ClF2N2O6S. The number of carbonyl (C=O) groups excluding carboxylic acids is 1. The molecule has 208 valence electrons. The first-order valence-electron chi connectivity index (χ1n) is 11.2. The van der Waals surface area contributed by atoms with Gasteiger partial charge in [-0.2, -0.15) is 0 Å². The maximum atomic E-state index is 14.1. The number of hydrogen-bond donors (Lipinski definition) is 3. The van der Waals surface area contributed by atoms with Gasteiger partial charge in [-0.3, -0.25) is 4.79 Å². The molecule has 0 saturated carbocycles. The number of benzene rings is 3. The molecule has 0 aliphatic rings. The number of sulfone groups is 1. The Morgan fingerprint density at radius 3 is 2.51 bits per heavy atom. The van der Waals surface area contributed by atoms with Gasteiger partial charge >= 0.3 is 0 Å². The van der Waals surface area contributed by atoms with Crippen LogP contribution < -0.4 is 14.8 Å². The Balaban J connectivity index is 0.00000420. The Bertz CT molecular complexity index is 1620. The van der Waals surface area contributed by atoms with Crippen LogP contribution in [0.2, 0.25) is 5.02 Å². The van der Waals surface area contributed by atoms with E-state index in [0.29, 0.717) is 10.6 Å². The van der Waals surface area contributed by atoms with Gasteiger partial charge in [0, 0.05) is 57.3 Å². The molecule has 39 heavy (non-hydrogen) atoms. The van der Waals surface area contributed by atoms with E-state index < -0.39 is 33.3 Å². The molecule has 1 aromatic heterocycles. The van der Waals surface area contributed by atoms with Gasteiger partial charge in [0.2, 0.25) is 0 Å². The first kappa shape index (κ1) is 29.9. The third-order valence-corrected chi connectivity index (χ3v) is 7.07. The van der Waals surface area contributed by atoms with Gasteiger partial charge in [-0.15, -0.1) is 0 Å². The molecule has 0 amide bonds. The van der Waals surface area contributed by atoms with Crippen LogP contribution in [-0.2, 0) is 9.84 Å². The van der Waals surface area contributed by atoms with E-state index >= 15 is 0 Å². The van der Waals surface area contributed by atoms with Gasteiger partial charge in [0.25, 0.3) is 0 Å². The minimum absolute atomic E-state index is 0. The third-order valence-electron chi connectivity index (χ3n) is 5.74. The molecule has 4 aromatic rings. The van der Waals surface area contributed by atoms with E-state index in [0.717, 1.165) is 18.4 Å². The van der Waals surface area contributed by atoms with Crippen LogP contribution >= 0.6 is 11.6 Å². The molecule has 0 aliphatic heterocycles. The number of fused-ring (bicyclic) bond motifs is 1. The lowest BCUT2D eigenvalue weighted by molar-refractivity contribution is 0.0969. The smallest absolute Gasteiger partial charge is 0.191 e. The van der Waals surface area contributed by atoms with E-state index in [4.69, 9.17) is 21.1 Å². The molecule has 12 heteroatoms. The summed E-state index contributed by atoms with van der Waals surface area (Å²) in [5, 5.41) is 12.8. The number of ether oxygens (including phenoxy) is 2. The number of aliphatic hydroxyl groups is 1. The lowest BCUT2D eigenvalue weighted by atomic mass is 9.95. The Morgan fingerprint density at radius 2 is 1.85 bits per heavy atom. The molecule has 0 aliphatic carbocycles. The van der Waals surface area contributed by atoms with Gasteiger partial charge in [-0.1, -0.05) is 25.1 Å². The third kappa shape index (κ3) is 6.49. The van der Waals surface area contributed by atoms with Crippen molar-refractivity contribution in [2.75, 3.05) is 31.9 Å². The number of aromatic nitrogens is 1. The molecule has 1 heterocycles. The minimum Gasteiger partial charge on any atom is -0.497 e. The minimum atomic E-state index is -3.64. The predicted molar refractivity (Wildman–Crippen MR) is 146 cm³/mol. The van der Waals surface area contributed by atoms with Crippen LogP contribution in [0.4, 0.5) is 14.5 Å². The van der Waals surface area contributed by atoms with Crippen molar-refractivity contribution in [2.45, 2.75) is 18.4 Å². The van der Waals surface area contributed by atoms with Gasteiger partial charge in [0.05, 0.1) is 18.6 Å². The SMILES string of the molecule is C.COc1cc(NC(C(=O)c2c[nH]c3cc(F)c(F)cc23)c2ccc(Cl)cc2OCCO)cc(S(C)(=O)=O)c1. The Hall–Kier alpha value is -3.67. The van der Waals surface area contributed by atoms with Crippen molar-refractivity contribution < 1.29 is 36.6 Å². The van der Waals surface area contributed by atoms with E-state index in [1.807, 2.05) is 0 Å². The highest BCUT2D eigenvalue weighted by molar-refractivity contribution is 7.90. The number of hydrogen-bond acceptors (Lipinski definition) is 7. The van der Waals surface area contributed by atoms with E-state index in [1.54, 1.807) is 0 Å². The number of nitrogens with one attached hydrogen (secondary N) is 2. The molecule has 0 radical (unpaired) electrons. The number of methoxy groups -OCH3 is 1. The van der Waals surface area contributed by atoms with E-state index in [2.05, 4.69) is 10.3 Å². The molecule has 3 N–H and O–H groups in total. The normalized spacial score (nSPS) is 12.1. The van der Waals surface area contributed by atoms with Crippen molar-refractivity contribution in [3.63, 3.8) is 0 Å². The lowest BCUT2D eigenvalue weighted by Gasteiger charge is -2.23. The zero-order valence-corrected chi connectivity index (χ0v) is 21.8. The summed E-state index contributed by atoms with van der Waals surface area (Å²) in [6.07, 6.45) is 2.37. The number of ketones is 1. The Kier molecular flexibility index (Phi) is 9.21. The molecule has 0 bridgehead atoms. The first-order chi connectivity index (χ1) is 18.0. The number of aliphatic hydroxyl groups excluding tert-OH is 1. The average Bonchev–Trinajstić information content (AvgIpc) is 3.27. The molecule has 8 nitrogen and oxygen atoms in total. The molecule has 0 saturated heterocycles. The summed E-state index contributed by atoms with van der Waals surface area (Å²) in [5.41, 5.74) is 0.780.